The average molecular weight is 520 g/mol. The Hall–Kier alpha value is -3.11. The van der Waals surface area contributed by atoms with Crippen molar-refractivity contribution >= 4 is 16.7 Å². The lowest BCUT2D eigenvalue weighted by Crippen LogP contribution is -2.29. The molecule has 0 saturated heterocycles. The van der Waals surface area contributed by atoms with E-state index in [0.717, 1.165) is 18.9 Å². The number of anilines is 1. The molecule has 3 atom stereocenters. The lowest BCUT2D eigenvalue weighted by molar-refractivity contribution is -0.0583. The van der Waals surface area contributed by atoms with Crippen molar-refractivity contribution in [3.63, 3.8) is 0 Å². The first-order valence-corrected chi connectivity index (χ1v) is 12.3. The summed E-state index contributed by atoms with van der Waals surface area (Å²) in [5.74, 6) is -2.99. The smallest absolute Gasteiger partial charge is 0.298 e. The van der Waals surface area contributed by atoms with Gasteiger partial charge in [-0.05, 0) is 52.7 Å². The lowest BCUT2D eigenvalue weighted by Gasteiger charge is -2.24. The molecule has 1 fully saturated rings. The Morgan fingerprint density at radius 1 is 1.11 bits per heavy atom. The van der Waals surface area contributed by atoms with Crippen LogP contribution in [0.5, 0.6) is 11.5 Å². The molecule has 4 rings (SSSR count). The van der Waals surface area contributed by atoms with Crippen LogP contribution < -0.4 is 14.8 Å². The summed E-state index contributed by atoms with van der Waals surface area (Å²) < 4.78 is 60.9. The van der Waals surface area contributed by atoms with E-state index >= 15 is 4.39 Å². The normalized spacial score (nSPS) is 16.4. The number of aromatic nitrogens is 2. The monoisotopic (exact) mass is 519 g/mol. The first kappa shape index (κ1) is 26.9. The number of alkyl halides is 2. The van der Waals surface area contributed by atoms with Crippen LogP contribution in [0.4, 0.5) is 19.0 Å². The number of ether oxygens (including phenoxy) is 3. The van der Waals surface area contributed by atoms with Crippen LogP contribution in [0.1, 0.15) is 56.6 Å². The van der Waals surface area contributed by atoms with Crippen LogP contribution in [0.3, 0.4) is 0 Å². The molecule has 2 N–H and O–H groups in total. The molecule has 0 spiro atoms. The Labute approximate surface area is 214 Å². The van der Waals surface area contributed by atoms with Crippen LogP contribution in [0.2, 0.25) is 0 Å². The van der Waals surface area contributed by atoms with Gasteiger partial charge in [0.05, 0.1) is 36.4 Å². The molecule has 3 aromatic rings. The molecule has 0 radical (unpaired) electrons. The number of halogens is 3. The molecule has 0 amide bonds. The van der Waals surface area contributed by atoms with Crippen LogP contribution >= 0.6 is 0 Å². The molecular formula is C27H32F3N3O4. The quantitative estimate of drug-likeness (QED) is 0.337. The van der Waals surface area contributed by atoms with Gasteiger partial charge in [-0.2, -0.15) is 8.78 Å². The van der Waals surface area contributed by atoms with Gasteiger partial charge in [-0.25, -0.2) is 14.4 Å². The summed E-state index contributed by atoms with van der Waals surface area (Å²) in [6, 6.07) is 6.47. The highest BCUT2D eigenvalue weighted by atomic mass is 19.3. The summed E-state index contributed by atoms with van der Waals surface area (Å²) in [6.45, 7) is 5.75. The third kappa shape index (κ3) is 5.91. The van der Waals surface area contributed by atoms with Gasteiger partial charge in [0.2, 0.25) is 0 Å². The number of hydrogen-bond acceptors (Lipinski definition) is 7. The molecule has 1 aliphatic rings. The second-order valence-corrected chi connectivity index (χ2v) is 9.44. The van der Waals surface area contributed by atoms with Gasteiger partial charge < -0.3 is 24.6 Å². The van der Waals surface area contributed by atoms with Gasteiger partial charge in [0.15, 0.2) is 11.5 Å². The zero-order chi connectivity index (χ0) is 26.9. The molecule has 2 aromatic carbocycles. The SMILES string of the molecule is COc1cc2nc(C)nc(N[C@H](C)c3cccc(C(F)(F)CO)c3F)c2cc1OC(C)C(C)OC1CC1. The van der Waals surface area contributed by atoms with E-state index in [9.17, 15) is 8.78 Å². The minimum absolute atomic E-state index is 0.0136. The highest BCUT2D eigenvalue weighted by Crippen LogP contribution is 2.38. The van der Waals surface area contributed by atoms with Crippen molar-refractivity contribution in [2.75, 3.05) is 19.0 Å². The topological polar surface area (TPSA) is 85.7 Å². The Morgan fingerprint density at radius 2 is 1.84 bits per heavy atom. The van der Waals surface area contributed by atoms with Crippen molar-refractivity contribution < 1.29 is 32.5 Å². The van der Waals surface area contributed by atoms with E-state index in [2.05, 4.69) is 15.3 Å². The Kier molecular flexibility index (Phi) is 7.80. The minimum atomic E-state index is -3.70. The summed E-state index contributed by atoms with van der Waals surface area (Å²) in [5.41, 5.74) is -0.274. The van der Waals surface area contributed by atoms with Crippen molar-refractivity contribution in [2.24, 2.45) is 0 Å². The lowest BCUT2D eigenvalue weighted by atomic mass is 10.00. The predicted octanol–water partition coefficient (Wildman–Crippen LogP) is 5.68. The summed E-state index contributed by atoms with van der Waals surface area (Å²) in [6.07, 6.45) is 2.00. The second-order valence-electron chi connectivity index (χ2n) is 9.44. The van der Waals surface area contributed by atoms with Crippen molar-refractivity contribution in [3.05, 3.63) is 53.1 Å². The number of aliphatic hydroxyl groups is 1. The zero-order valence-electron chi connectivity index (χ0n) is 21.5. The molecule has 10 heteroatoms. The van der Waals surface area contributed by atoms with Crippen LogP contribution in [-0.4, -0.2) is 47.1 Å². The summed E-state index contributed by atoms with van der Waals surface area (Å²) in [4.78, 5) is 8.98. The molecule has 0 bridgehead atoms. The molecule has 1 aromatic heterocycles. The average Bonchev–Trinajstić information content (AvgIpc) is 3.67. The van der Waals surface area contributed by atoms with E-state index in [0.29, 0.717) is 34.0 Å². The summed E-state index contributed by atoms with van der Waals surface area (Å²) in [7, 11) is 1.54. The van der Waals surface area contributed by atoms with Gasteiger partial charge in [-0.3, -0.25) is 0 Å². The van der Waals surface area contributed by atoms with Crippen LogP contribution in [0.25, 0.3) is 10.9 Å². The maximum atomic E-state index is 15.1. The van der Waals surface area contributed by atoms with Gasteiger partial charge in [0.1, 0.15) is 30.2 Å². The molecule has 1 heterocycles. The standard InChI is InChI=1S/C27H32F3N3O4/c1-14(19-7-6-8-21(25(19)28)27(29,30)13-34)31-26-20-11-24(37-16(3)15(2)36-18-9-10-18)23(35-5)12-22(20)32-17(4)33-26/h6-8,11-12,14-16,18,34H,9-10,13H2,1-5H3,(H,31,32,33)/t14-,15?,16?/m1/s1. The van der Waals surface area contributed by atoms with Crippen molar-refractivity contribution in [1.29, 1.82) is 0 Å². The number of nitrogens with one attached hydrogen (secondary N) is 1. The fraction of sp³-hybridized carbons (Fsp3) is 0.481. The van der Waals surface area contributed by atoms with Crippen molar-refractivity contribution in [3.8, 4) is 11.5 Å². The van der Waals surface area contributed by atoms with Gasteiger partial charge >= 0.3 is 0 Å². The number of rotatable bonds is 11. The van der Waals surface area contributed by atoms with Crippen LogP contribution in [0, 0.1) is 12.7 Å². The third-order valence-electron chi connectivity index (χ3n) is 6.44. The predicted molar refractivity (Wildman–Crippen MR) is 134 cm³/mol. The van der Waals surface area contributed by atoms with Gasteiger partial charge in [0.25, 0.3) is 5.92 Å². The summed E-state index contributed by atoms with van der Waals surface area (Å²) >= 11 is 0. The number of benzene rings is 2. The number of nitrogens with zero attached hydrogens (tertiary/aromatic N) is 2. The number of fused-ring (bicyclic) bond motifs is 1. The Bertz CT molecular complexity index is 1270. The molecule has 7 nitrogen and oxygen atoms in total. The minimum Gasteiger partial charge on any atom is -0.493 e. The number of methoxy groups -OCH3 is 1. The fourth-order valence-corrected chi connectivity index (χ4v) is 4.06. The second kappa shape index (κ2) is 10.7. The number of aliphatic hydroxyl groups excluding tert-OH is 1. The van der Waals surface area contributed by atoms with Crippen LogP contribution in [0.15, 0.2) is 30.3 Å². The zero-order valence-corrected chi connectivity index (χ0v) is 21.5. The third-order valence-corrected chi connectivity index (χ3v) is 6.44. The van der Waals surface area contributed by atoms with Crippen molar-refractivity contribution in [2.45, 2.75) is 70.8 Å². The highest BCUT2D eigenvalue weighted by molar-refractivity contribution is 5.92. The first-order chi connectivity index (χ1) is 17.5. The summed E-state index contributed by atoms with van der Waals surface area (Å²) in [5, 5.41) is 12.7. The number of aryl methyl sites for hydroxylation is 1. The van der Waals surface area contributed by atoms with Crippen molar-refractivity contribution in [1.82, 2.24) is 9.97 Å². The van der Waals surface area contributed by atoms with Crippen LogP contribution in [-0.2, 0) is 10.7 Å². The first-order valence-electron chi connectivity index (χ1n) is 12.3. The molecular weight excluding hydrogens is 487 g/mol. The maximum absolute atomic E-state index is 15.1. The largest absolute Gasteiger partial charge is 0.493 e. The van der Waals surface area contributed by atoms with E-state index in [-0.39, 0.29) is 23.9 Å². The Balaban J connectivity index is 1.67. The van der Waals surface area contributed by atoms with E-state index < -0.39 is 30.0 Å². The fourth-order valence-electron chi connectivity index (χ4n) is 4.06. The van der Waals surface area contributed by atoms with E-state index in [1.165, 1.54) is 19.2 Å². The maximum Gasteiger partial charge on any atom is 0.298 e. The Morgan fingerprint density at radius 3 is 2.49 bits per heavy atom. The van der Waals surface area contributed by atoms with Gasteiger partial charge in [-0.15, -0.1) is 0 Å². The molecule has 37 heavy (non-hydrogen) atoms. The molecule has 200 valence electrons. The molecule has 1 aliphatic carbocycles. The molecule has 1 saturated carbocycles. The van der Waals surface area contributed by atoms with E-state index in [1.54, 1.807) is 26.0 Å². The molecule has 2 unspecified atom stereocenters. The van der Waals surface area contributed by atoms with E-state index in [4.69, 9.17) is 19.3 Å². The van der Waals surface area contributed by atoms with Gasteiger partial charge in [-0.1, -0.05) is 12.1 Å². The van der Waals surface area contributed by atoms with E-state index in [1.807, 2.05) is 13.8 Å². The molecule has 0 aliphatic heterocycles. The number of hydrogen-bond donors (Lipinski definition) is 2. The van der Waals surface area contributed by atoms with Gasteiger partial charge in [0, 0.05) is 17.0 Å². The highest BCUT2D eigenvalue weighted by Gasteiger charge is 2.35.